The fourth-order valence-corrected chi connectivity index (χ4v) is 5.40. The van der Waals surface area contributed by atoms with Crippen molar-refractivity contribution in [2.24, 2.45) is 5.92 Å². The molecule has 1 N–H and O–H groups in total. The molecule has 0 aromatic carbocycles. The monoisotopic (exact) mass is 358 g/mol. The van der Waals surface area contributed by atoms with Gasteiger partial charge in [-0.1, -0.05) is 11.3 Å². The maximum absolute atomic E-state index is 11.9. The molecule has 4 rings (SSSR count). The van der Waals surface area contributed by atoms with Crippen LogP contribution in [0, 0.1) is 12.8 Å². The Morgan fingerprint density at radius 2 is 2.13 bits per heavy atom. The van der Waals surface area contributed by atoms with Crippen molar-refractivity contribution >= 4 is 26.5 Å². The van der Waals surface area contributed by atoms with Crippen molar-refractivity contribution in [1.29, 1.82) is 0 Å². The van der Waals surface area contributed by atoms with Gasteiger partial charge in [-0.2, -0.15) is 0 Å². The number of aromatic nitrogens is 2. The number of aryl methyl sites for hydroxylation is 1. The number of ether oxygens (including phenoxy) is 1. The molecule has 1 aliphatic carbocycles. The Kier molecular flexibility index (Phi) is 3.86. The fraction of sp³-hybridized carbons (Fsp3) is 0.857. The molecular weight excluding hydrogens is 336 g/mol. The van der Waals surface area contributed by atoms with Gasteiger partial charge >= 0.3 is 0 Å². The van der Waals surface area contributed by atoms with Gasteiger partial charge in [-0.3, -0.25) is 0 Å². The van der Waals surface area contributed by atoms with Gasteiger partial charge in [0.1, 0.15) is 10.6 Å². The quantitative estimate of drug-likeness (QED) is 0.842. The molecule has 3 aliphatic rings. The largest absolute Gasteiger partial charge is 0.371 e. The van der Waals surface area contributed by atoms with Crippen LogP contribution in [0.3, 0.4) is 0 Å². The lowest BCUT2D eigenvalue weighted by molar-refractivity contribution is -0.114. The second-order valence-corrected chi connectivity index (χ2v) is 10.2. The van der Waals surface area contributed by atoms with Crippen molar-refractivity contribution in [2.45, 2.75) is 43.5 Å². The van der Waals surface area contributed by atoms with Crippen LogP contribution in [0.1, 0.15) is 30.7 Å². The third kappa shape index (κ3) is 3.24. The third-order valence-electron chi connectivity index (χ3n) is 4.91. The van der Waals surface area contributed by atoms with Crippen LogP contribution in [-0.4, -0.2) is 55.7 Å². The second-order valence-electron chi connectivity index (χ2n) is 6.95. The summed E-state index contributed by atoms with van der Waals surface area (Å²) >= 11 is 1.61. The first-order chi connectivity index (χ1) is 11.0. The van der Waals surface area contributed by atoms with Gasteiger partial charge in [0.15, 0.2) is 0 Å². The zero-order valence-corrected chi connectivity index (χ0v) is 14.8. The summed E-state index contributed by atoms with van der Waals surface area (Å²) in [5, 5.41) is 10.0. The molecular formula is C14H22N4O3S2. The minimum absolute atomic E-state index is 0.0640. The number of anilines is 1. The van der Waals surface area contributed by atoms with Gasteiger partial charge in [-0.25, -0.2) is 13.1 Å². The molecule has 0 unspecified atom stereocenters. The molecule has 0 amide bonds. The molecule has 3 heterocycles. The van der Waals surface area contributed by atoms with Crippen molar-refractivity contribution in [3.63, 3.8) is 0 Å². The van der Waals surface area contributed by atoms with Crippen LogP contribution in [-0.2, 0) is 14.8 Å². The molecule has 23 heavy (non-hydrogen) atoms. The van der Waals surface area contributed by atoms with E-state index in [2.05, 4.69) is 19.8 Å². The van der Waals surface area contributed by atoms with Crippen LogP contribution >= 0.6 is 11.3 Å². The Hall–Kier alpha value is -0.770. The average molecular weight is 358 g/mol. The first-order valence-corrected chi connectivity index (χ1v) is 10.5. The van der Waals surface area contributed by atoms with E-state index in [9.17, 15) is 8.42 Å². The topological polar surface area (TPSA) is 84.4 Å². The van der Waals surface area contributed by atoms with Crippen LogP contribution in [0.4, 0.5) is 5.13 Å². The van der Waals surface area contributed by atoms with Gasteiger partial charge in [0.2, 0.25) is 15.2 Å². The fourth-order valence-electron chi connectivity index (χ4n) is 3.26. The van der Waals surface area contributed by atoms with E-state index in [-0.39, 0.29) is 16.8 Å². The zero-order chi connectivity index (χ0) is 16.1. The highest BCUT2D eigenvalue weighted by Gasteiger charge is 2.48. The molecule has 1 aromatic heterocycles. The van der Waals surface area contributed by atoms with E-state index >= 15 is 0 Å². The van der Waals surface area contributed by atoms with E-state index in [4.69, 9.17) is 4.74 Å². The van der Waals surface area contributed by atoms with Crippen molar-refractivity contribution in [3.8, 4) is 0 Å². The lowest BCUT2D eigenvalue weighted by Gasteiger charge is -2.52. The van der Waals surface area contributed by atoms with Gasteiger partial charge in [0, 0.05) is 6.54 Å². The minimum Gasteiger partial charge on any atom is -0.371 e. The minimum atomic E-state index is -3.08. The summed E-state index contributed by atoms with van der Waals surface area (Å²) in [5.74, 6) is 0.284. The highest BCUT2D eigenvalue weighted by molar-refractivity contribution is 7.90. The lowest BCUT2D eigenvalue weighted by atomic mass is 9.83. The number of sulfonamides is 1. The Balaban J connectivity index is 1.24. The molecule has 3 fully saturated rings. The summed E-state index contributed by atoms with van der Waals surface area (Å²) in [5.41, 5.74) is -0.0640. The molecule has 2 saturated heterocycles. The molecule has 0 radical (unpaired) electrons. The van der Waals surface area contributed by atoms with Gasteiger partial charge in [0.05, 0.1) is 24.9 Å². The van der Waals surface area contributed by atoms with Gasteiger partial charge in [0.25, 0.3) is 0 Å². The van der Waals surface area contributed by atoms with Crippen LogP contribution in [0.2, 0.25) is 0 Å². The summed E-state index contributed by atoms with van der Waals surface area (Å²) in [6.07, 6.45) is 3.61. The molecule has 7 nitrogen and oxygen atoms in total. The molecule has 1 saturated carbocycles. The van der Waals surface area contributed by atoms with Crippen LogP contribution in [0.25, 0.3) is 0 Å². The molecule has 0 bridgehead atoms. The number of hydrogen-bond donors (Lipinski definition) is 1. The summed E-state index contributed by atoms with van der Waals surface area (Å²) in [7, 11) is -3.08. The van der Waals surface area contributed by atoms with Crippen molar-refractivity contribution < 1.29 is 13.2 Å². The Labute approximate surface area is 140 Å². The molecule has 128 valence electrons. The molecule has 2 aliphatic heterocycles. The smallest absolute Gasteiger partial charge is 0.214 e. The third-order valence-corrected chi connectivity index (χ3v) is 7.73. The zero-order valence-electron chi connectivity index (χ0n) is 13.2. The van der Waals surface area contributed by atoms with Crippen molar-refractivity contribution in [2.75, 3.05) is 31.1 Å². The molecule has 1 atom stereocenters. The molecule has 1 spiro atoms. The number of nitrogens with zero attached hydrogens (tertiary/aromatic N) is 3. The summed E-state index contributed by atoms with van der Waals surface area (Å²) in [6.45, 7) is 4.83. The van der Waals surface area contributed by atoms with Crippen molar-refractivity contribution in [1.82, 2.24) is 14.9 Å². The maximum atomic E-state index is 11.9. The Bertz CT molecular complexity index is 670. The van der Waals surface area contributed by atoms with Gasteiger partial charge in [-0.05, 0) is 38.5 Å². The highest BCUT2D eigenvalue weighted by atomic mass is 32.2. The first-order valence-electron chi connectivity index (χ1n) is 8.13. The molecule has 9 heteroatoms. The predicted molar refractivity (Wildman–Crippen MR) is 88.2 cm³/mol. The SMILES string of the molecule is Cc1nnc(N2CC3(CC[C@H](CNS(=O)(=O)C4CC4)CO3)C2)s1. The number of hydrogen-bond acceptors (Lipinski definition) is 7. The molecule has 1 aromatic rings. The van der Waals surface area contributed by atoms with E-state index in [1.54, 1.807) is 11.3 Å². The van der Waals surface area contributed by atoms with E-state index in [1.807, 2.05) is 6.92 Å². The summed E-state index contributed by atoms with van der Waals surface area (Å²) in [4.78, 5) is 2.21. The van der Waals surface area contributed by atoms with Gasteiger partial charge < -0.3 is 9.64 Å². The Morgan fingerprint density at radius 3 is 2.70 bits per heavy atom. The summed E-state index contributed by atoms with van der Waals surface area (Å²) in [6, 6.07) is 0. The standard InChI is InChI=1S/C14H22N4O3S2/c1-10-16-17-13(22-10)18-8-14(9-18)5-4-11(7-21-14)6-15-23(19,20)12-2-3-12/h11-12,15H,2-9H2,1H3/t11-/m1/s1. The van der Waals surface area contributed by atoms with E-state index < -0.39 is 10.0 Å². The normalized spacial score (nSPS) is 27.2. The van der Waals surface area contributed by atoms with Gasteiger partial charge in [-0.15, -0.1) is 10.2 Å². The van der Waals surface area contributed by atoms with Crippen LogP contribution < -0.4 is 9.62 Å². The average Bonchev–Trinajstić information content (AvgIpc) is 3.27. The highest BCUT2D eigenvalue weighted by Crippen LogP contribution is 2.39. The maximum Gasteiger partial charge on any atom is 0.214 e. The lowest BCUT2D eigenvalue weighted by Crippen LogP contribution is -2.65. The van der Waals surface area contributed by atoms with Crippen molar-refractivity contribution in [3.05, 3.63) is 5.01 Å². The predicted octanol–water partition coefficient (Wildman–Crippen LogP) is 0.914. The van der Waals surface area contributed by atoms with Crippen LogP contribution in [0.5, 0.6) is 0 Å². The number of nitrogens with one attached hydrogen (secondary N) is 1. The van der Waals surface area contributed by atoms with E-state index in [1.165, 1.54) is 0 Å². The summed E-state index contributed by atoms with van der Waals surface area (Å²) < 4.78 is 32.6. The number of rotatable bonds is 5. The van der Waals surface area contributed by atoms with Crippen LogP contribution in [0.15, 0.2) is 0 Å². The first kappa shape index (κ1) is 15.7. The Morgan fingerprint density at radius 1 is 1.35 bits per heavy atom. The van der Waals surface area contributed by atoms with E-state index in [0.717, 1.165) is 48.9 Å². The van der Waals surface area contributed by atoms with E-state index in [0.29, 0.717) is 13.2 Å². The second kappa shape index (κ2) is 5.65.